The Morgan fingerprint density at radius 2 is 1.80 bits per heavy atom. The smallest absolute Gasteiger partial charge is 0.147 e. The highest BCUT2D eigenvalue weighted by Crippen LogP contribution is 2.17. The van der Waals surface area contributed by atoms with E-state index in [1.165, 1.54) is 32.1 Å². The monoisotopic (exact) mass is 210 g/mol. The Morgan fingerprint density at radius 1 is 1.13 bits per heavy atom. The molecule has 0 radical (unpaired) electrons. The van der Waals surface area contributed by atoms with Gasteiger partial charge in [0.25, 0.3) is 0 Å². The quantitative estimate of drug-likeness (QED) is 0.690. The summed E-state index contributed by atoms with van der Waals surface area (Å²) in [5, 5.41) is 0. The minimum atomic E-state index is 0.304. The second kappa shape index (κ2) is 4.65. The van der Waals surface area contributed by atoms with Crippen molar-refractivity contribution in [2.24, 2.45) is 5.92 Å². The van der Waals surface area contributed by atoms with Crippen LogP contribution in [0.5, 0.6) is 0 Å². The maximum Gasteiger partial charge on any atom is 0.147 e. The zero-order chi connectivity index (χ0) is 10.8. The van der Waals surface area contributed by atoms with Crippen molar-refractivity contribution in [3.05, 3.63) is 0 Å². The molecule has 2 nitrogen and oxygen atoms in total. The molecule has 0 spiro atoms. The van der Waals surface area contributed by atoms with Crippen LogP contribution in [0.2, 0.25) is 0 Å². The largest absolute Gasteiger partial charge is 0.329 e. The van der Waals surface area contributed by atoms with E-state index in [9.17, 15) is 4.79 Å². The number of piperidine rings is 1. The molecular formula is C13H24NO+. The molecule has 1 saturated heterocycles. The summed E-state index contributed by atoms with van der Waals surface area (Å²) in [5.41, 5.74) is 0. The van der Waals surface area contributed by atoms with E-state index in [0.29, 0.717) is 17.7 Å². The Hall–Kier alpha value is -0.370. The molecule has 1 heterocycles. The Morgan fingerprint density at radius 3 is 2.47 bits per heavy atom. The van der Waals surface area contributed by atoms with Crippen LogP contribution in [-0.4, -0.2) is 24.4 Å². The van der Waals surface area contributed by atoms with E-state index in [2.05, 4.69) is 13.8 Å². The van der Waals surface area contributed by atoms with Gasteiger partial charge in [0.15, 0.2) is 0 Å². The van der Waals surface area contributed by atoms with Gasteiger partial charge in [0.2, 0.25) is 0 Å². The van der Waals surface area contributed by atoms with Crippen molar-refractivity contribution in [1.82, 2.24) is 0 Å². The van der Waals surface area contributed by atoms with Crippen molar-refractivity contribution in [3.63, 3.8) is 0 Å². The molecule has 2 aliphatic rings. The van der Waals surface area contributed by atoms with Gasteiger partial charge in [0.05, 0.1) is 31.0 Å². The van der Waals surface area contributed by atoms with E-state index in [1.807, 2.05) is 0 Å². The lowest BCUT2D eigenvalue weighted by molar-refractivity contribution is -0.953. The normalized spacial score (nSPS) is 39.3. The molecule has 1 N–H and O–H groups in total. The van der Waals surface area contributed by atoms with E-state index in [0.717, 1.165) is 19.0 Å². The molecule has 0 aromatic carbocycles. The molecule has 15 heavy (non-hydrogen) atoms. The Labute approximate surface area is 93.0 Å². The summed E-state index contributed by atoms with van der Waals surface area (Å²) in [4.78, 5) is 13.3. The van der Waals surface area contributed by atoms with Crippen LogP contribution in [0.1, 0.15) is 52.4 Å². The van der Waals surface area contributed by atoms with Gasteiger partial charge in [-0.2, -0.15) is 0 Å². The highest BCUT2D eigenvalue weighted by molar-refractivity contribution is 5.81. The number of hydrogen-bond acceptors (Lipinski definition) is 1. The Kier molecular flexibility index (Phi) is 3.45. The zero-order valence-electron chi connectivity index (χ0n) is 10.1. The van der Waals surface area contributed by atoms with E-state index in [-0.39, 0.29) is 0 Å². The first-order chi connectivity index (χ1) is 7.18. The van der Waals surface area contributed by atoms with E-state index < -0.39 is 0 Å². The first kappa shape index (κ1) is 11.1. The topological polar surface area (TPSA) is 21.5 Å². The maximum atomic E-state index is 11.6. The van der Waals surface area contributed by atoms with Crippen LogP contribution in [0, 0.1) is 5.92 Å². The van der Waals surface area contributed by atoms with Crippen LogP contribution >= 0.6 is 0 Å². The van der Waals surface area contributed by atoms with Crippen LogP contribution < -0.4 is 4.90 Å². The second-order valence-corrected chi connectivity index (χ2v) is 5.59. The van der Waals surface area contributed by atoms with Gasteiger partial charge in [-0.1, -0.05) is 13.3 Å². The minimum Gasteiger partial charge on any atom is -0.329 e. The summed E-state index contributed by atoms with van der Waals surface area (Å²) in [6.07, 6.45) is 7.83. The molecule has 1 unspecified atom stereocenters. The highest BCUT2D eigenvalue weighted by Gasteiger charge is 2.37. The molecule has 1 aliphatic heterocycles. The van der Waals surface area contributed by atoms with E-state index in [4.69, 9.17) is 0 Å². The van der Waals surface area contributed by atoms with Crippen LogP contribution in [0.25, 0.3) is 0 Å². The summed E-state index contributed by atoms with van der Waals surface area (Å²) in [5.74, 6) is 0.792. The SMILES string of the molecule is C[C@@H]1C[NH+](C2CCCCC2)[C@H](C)CC1=O. The lowest BCUT2D eigenvalue weighted by atomic mass is 9.87. The summed E-state index contributed by atoms with van der Waals surface area (Å²) in [6, 6.07) is 1.42. The predicted molar refractivity (Wildman–Crippen MR) is 61.0 cm³/mol. The summed E-state index contributed by atoms with van der Waals surface area (Å²) < 4.78 is 0. The number of likely N-dealkylation sites (tertiary alicyclic amines) is 1. The van der Waals surface area contributed by atoms with Crippen LogP contribution in [0.3, 0.4) is 0 Å². The third kappa shape index (κ3) is 2.41. The van der Waals surface area contributed by atoms with E-state index in [1.54, 1.807) is 4.90 Å². The number of carbonyl (C=O) groups excluding carboxylic acids is 1. The molecule has 86 valence electrons. The molecule has 1 saturated carbocycles. The van der Waals surface area contributed by atoms with Gasteiger partial charge in [-0.25, -0.2) is 0 Å². The minimum absolute atomic E-state index is 0.304. The molecule has 0 amide bonds. The van der Waals surface area contributed by atoms with Gasteiger partial charge < -0.3 is 4.90 Å². The van der Waals surface area contributed by atoms with Crippen LogP contribution in [-0.2, 0) is 4.79 Å². The summed E-state index contributed by atoms with van der Waals surface area (Å²) in [6.45, 7) is 5.45. The van der Waals surface area contributed by atoms with Gasteiger partial charge in [0.1, 0.15) is 5.78 Å². The van der Waals surface area contributed by atoms with Crippen molar-refractivity contribution < 1.29 is 9.69 Å². The fourth-order valence-electron chi connectivity index (χ4n) is 3.35. The molecule has 2 fully saturated rings. The van der Waals surface area contributed by atoms with Crippen molar-refractivity contribution in [3.8, 4) is 0 Å². The van der Waals surface area contributed by atoms with Gasteiger partial charge in [-0.15, -0.1) is 0 Å². The Balaban J connectivity index is 1.98. The number of nitrogens with one attached hydrogen (secondary N) is 1. The maximum absolute atomic E-state index is 11.6. The van der Waals surface area contributed by atoms with Crippen molar-refractivity contribution in [2.75, 3.05) is 6.54 Å². The number of Topliss-reactive ketones (excluding diaryl/α,β-unsaturated/α-hetero) is 1. The standard InChI is InChI=1S/C13H23NO/c1-10-9-14(11(2)8-13(10)15)12-6-4-3-5-7-12/h10-12H,3-9H2,1-2H3/p+1/t10-,11-/m1/s1. The first-order valence-corrected chi connectivity index (χ1v) is 6.56. The van der Waals surface area contributed by atoms with Gasteiger partial charge in [-0.05, 0) is 32.6 Å². The molecule has 0 bridgehead atoms. The molecule has 0 aromatic rings. The van der Waals surface area contributed by atoms with Crippen LogP contribution in [0.4, 0.5) is 0 Å². The third-order valence-corrected chi connectivity index (χ3v) is 4.36. The number of carbonyl (C=O) groups is 1. The predicted octanol–water partition coefficient (Wildman–Crippen LogP) is 1.20. The fourth-order valence-corrected chi connectivity index (χ4v) is 3.35. The number of quaternary nitrogens is 1. The summed E-state index contributed by atoms with van der Waals surface area (Å²) in [7, 11) is 0. The zero-order valence-corrected chi connectivity index (χ0v) is 10.1. The average Bonchev–Trinajstić information content (AvgIpc) is 2.25. The fraction of sp³-hybridized carbons (Fsp3) is 0.923. The van der Waals surface area contributed by atoms with Gasteiger partial charge in [-0.3, -0.25) is 4.79 Å². The number of hydrogen-bond donors (Lipinski definition) is 1. The van der Waals surface area contributed by atoms with Crippen molar-refractivity contribution in [2.45, 2.75) is 64.5 Å². The second-order valence-electron chi connectivity index (χ2n) is 5.59. The molecule has 3 atom stereocenters. The first-order valence-electron chi connectivity index (χ1n) is 6.56. The van der Waals surface area contributed by atoms with E-state index >= 15 is 0 Å². The van der Waals surface area contributed by atoms with Crippen molar-refractivity contribution in [1.29, 1.82) is 0 Å². The lowest BCUT2D eigenvalue weighted by Crippen LogP contribution is -3.20. The van der Waals surface area contributed by atoms with Gasteiger partial charge >= 0.3 is 0 Å². The number of ketones is 1. The molecule has 0 aromatic heterocycles. The highest BCUT2D eigenvalue weighted by atomic mass is 16.1. The average molecular weight is 210 g/mol. The lowest BCUT2D eigenvalue weighted by Gasteiger charge is -2.39. The Bertz CT molecular complexity index is 233. The molecular weight excluding hydrogens is 186 g/mol. The summed E-state index contributed by atoms with van der Waals surface area (Å²) >= 11 is 0. The third-order valence-electron chi connectivity index (χ3n) is 4.36. The van der Waals surface area contributed by atoms with Gasteiger partial charge in [0, 0.05) is 0 Å². The molecule has 1 aliphatic carbocycles. The number of rotatable bonds is 1. The molecule has 2 rings (SSSR count). The van der Waals surface area contributed by atoms with Crippen molar-refractivity contribution >= 4 is 5.78 Å². The van der Waals surface area contributed by atoms with Crippen LogP contribution in [0.15, 0.2) is 0 Å². The molecule has 2 heteroatoms.